The number of allylic oxidation sites excluding steroid dienone is 1. The molecule has 0 amide bonds. The van der Waals surface area contributed by atoms with Crippen molar-refractivity contribution in [2.75, 3.05) is 7.05 Å². The van der Waals surface area contributed by atoms with Gasteiger partial charge in [0, 0.05) is 6.04 Å². The summed E-state index contributed by atoms with van der Waals surface area (Å²) in [5.41, 5.74) is 0.697. The van der Waals surface area contributed by atoms with Crippen molar-refractivity contribution in [3.8, 4) is 0 Å². The summed E-state index contributed by atoms with van der Waals surface area (Å²) in [5, 5.41) is 13.0. The minimum absolute atomic E-state index is 0.550. The molecule has 0 fully saturated rings. The van der Waals surface area contributed by atoms with E-state index in [0.29, 0.717) is 6.04 Å². The number of nitrogens with one attached hydrogen (secondary N) is 1. The molecule has 0 heterocycles. The molecule has 0 aromatic heterocycles. The molecule has 0 saturated heterocycles. The predicted octanol–water partition coefficient (Wildman–Crippen LogP) is 2.01. The van der Waals surface area contributed by atoms with Gasteiger partial charge in [0.1, 0.15) is 0 Å². The first-order valence-corrected chi connectivity index (χ1v) is 5.35. The van der Waals surface area contributed by atoms with Gasteiger partial charge in [-0.05, 0) is 33.2 Å². The van der Waals surface area contributed by atoms with E-state index in [4.69, 9.17) is 0 Å². The molecule has 0 bridgehead atoms. The standard InChI is InChI=1S/C12H21NO/c1-4-11(13-3)9-10-5-7-12(2,14)8-6-10/h5-7,11,13-14H,4,8-9H2,1-3H3. The Morgan fingerprint density at radius 2 is 2.36 bits per heavy atom. The fraction of sp³-hybridized carbons (Fsp3) is 0.667. The van der Waals surface area contributed by atoms with Gasteiger partial charge < -0.3 is 10.4 Å². The van der Waals surface area contributed by atoms with Gasteiger partial charge in [-0.25, -0.2) is 0 Å². The topological polar surface area (TPSA) is 32.3 Å². The van der Waals surface area contributed by atoms with E-state index >= 15 is 0 Å². The first kappa shape index (κ1) is 11.5. The molecular formula is C12H21NO. The van der Waals surface area contributed by atoms with Crippen molar-refractivity contribution in [2.24, 2.45) is 0 Å². The molecule has 0 aromatic rings. The molecule has 0 saturated carbocycles. The summed E-state index contributed by atoms with van der Waals surface area (Å²) >= 11 is 0. The summed E-state index contributed by atoms with van der Waals surface area (Å²) in [6.45, 7) is 4.02. The average molecular weight is 195 g/mol. The largest absolute Gasteiger partial charge is 0.386 e. The third-order valence-electron chi connectivity index (χ3n) is 2.82. The molecule has 0 aliphatic heterocycles. The third kappa shape index (κ3) is 3.28. The van der Waals surface area contributed by atoms with E-state index in [2.05, 4.69) is 18.3 Å². The van der Waals surface area contributed by atoms with Crippen molar-refractivity contribution < 1.29 is 5.11 Å². The Kier molecular flexibility index (Phi) is 3.90. The number of rotatable bonds is 4. The number of aliphatic hydroxyl groups is 1. The molecule has 2 heteroatoms. The number of hydrogen-bond donors (Lipinski definition) is 2. The van der Waals surface area contributed by atoms with Crippen molar-refractivity contribution in [1.29, 1.82) is 0 Å². The molecule has 2 unspecified atom stereocenters. The van der Waals surface area contributed by atoms with Crippen LogP contribution in [0.1, 0.15) is 33.1 Å². The van der Waals surface area contributed by atoms with Gasteiger partial charge in [0.2, 0.25) is 0 Å². The van der Waals surface area contributed by atoms with Gasteiger partial charge >= 0.3 is 0 Å². The summed E-state index contributed by atoms with van der Waals surface area (Å²) in [4.78, 5) is 0. The zero-order valence-electron chi connectivity index (χ0n) is 9.38. The first-order valence-electron chi connectivity index (χ1n) is 5.35. The molecule has 2 N–H and O–H groups in total. The Morgan fingerprint density at radius 1 is 1.64 bits per heavy atom. The van der Waals surface area contributed by atoms with Crippen LogP contribution in [0.5, 0.6) is 0 Å². The van der Waals surface area contributed by atoms with E-state index in [0.717, 1.165) is 19.3 Å². The van der Waals surface area contributed by atoms with Crippen molar-refractivity contribution >= 4 is 0 Å². The van der Waals surface area contributed by atoms with E-state index in [-0.39, 0.29) is 0 Å². The molecule has 80 valence electrons. The highest BCUT2D eigenvalue weighted by Gasteiger charge is 2.18. The van der Waals surface area contributed by atoms with Crippen LogP contribution in [0.4, 0.5) is 0 Å². The fourth-order valence-corrected chi connectivity index (χ4v) is 1.65. The monoisotopic (exact) mass is 195 g/mol. The van der Waals surface area contributed by atoms with Crippen molar-refractivity contribution in [2.45, 2.75) is 44.8 Å². The molecule has 2 atom stereocenters. The Hall–Kier alpha value is -0.600. The highest BCUT2D eigenvalue weighted by Crippen LogP contribution is 2.22. The lowest BCUT2D eigenvalue weighted by molar-refractivity contribution is 0.113. The average Bonchev–Trinajstić information content (AvgIpc) is 2.16. The second-order valence-corrected chi connectivity index (χ2v) is 4.27. The van der Waals surface area contributed by atoms with Gasteiger partial charge in [-0.15, -0.1) is 0 Å². The van der Waals surface area contributed by atoms with Gasteiger partial charge in [-0.2, -0.15) is 0 Å². The molecule has 0 aromatic carbocycles. The van der Waals surface area contributed by atoms with Crippen LogP contribution in [0.2, 0.25) is 0 Å². The lowest BCUT2D eigenvalue weighted by Crippen LogP contribution is -2.26. The van der Waals surface area contributed by atoms with Gasteiger partial charge in [-0.3, -0.25) is 0 Å². The second-order valence-electron chi connectivity index (χ2n) is 4.27. The lowest BCUT2D eigenvalue weighted by atomic mass is 9.91. The molecule has 1 aliphatic carbocycles. The fourth-order valence-electron chi connectivity index (χ4n) is 1.65. The van der Waals surface area contributed by atoms with Crippen LogP contribution in [-0.2, 0) is 0 Å². The van der Waals surface area contributed by atoms with Gasteiger partial charge in [0.15, 0.2) is 0 Å². The maximum absolute atomic E-state index is 9.69. The van der Waals surface area contributed by atoms with E-state index < -0.39 is 5.60 Å². The zero-order chi connectivity index (χ0) is 10.6. The summed E-state index contributed by atoms with van der Waals surface area (Å²) in [6, 6.07) is 0.550. The van der Waals surface area contributed by atoms with E-state index in [9.17, 15) is 5.11 Å². The van der Waals surface area contributed by atoms with E-state index in [1.807, 2.05) is 26.1 Å². The quantitative estimate of drug-likeness (QED) is 0.719. The molecular weight excluding hydrogens is 174 g/mol. The summed E-state index contributed by atoms with van der Waals surface area (Å²) in [5.74, 6) is 0. The van der Waals surface area contributed by atoms with E-state index in [1.165, 1.54) is 5.57 Å². The molecule has 0 radical (unpaired) electrons. The van der Waals surface area contributed by atoms with Crippen LogP contribution >= 0.6 is 0 Å². The van der Waals surface area contributed by atoms with Crippen LogP contribution in [0.3, 0.4) is 0 Å². The van der Waals surface area contributed by atoms with E-state index in [1.54, 1.807) is 0 Å². The minimum Gasteiger partial charge on any atom is -0.386 e. The molecule has 1 aliphatic rings. The highest BCUT2D eigenvalue weighted by atomic mass is 16.3. The van der Waals surface area contributed by atoms with Gasteiger partial charge in [-0.1, -0.05) is 30.7 Å². The van der Waals surface area contributed by atoms with Crippen LogP contribution < -0.4 is 5.32 Å². The van der Waals surface area contributed by atoms with Crippen molar-refractivity contribution in [3.05, 3.63) is 23.8 Å². The molecule has 1 rings (SSSR count). The minimum atomic E-state index is -0.634. The molecule has 14 heavy (non-hydrogen) atoms. The third-order valence-corrected chi connectivity index (χ3v) is 2.82. The summed E-state index contributed by atoms with van der Waals surface area (Å²) in [6.07, 6.45) is 9.00. The SMILES string of the molecule is CCC(CC1=CCC(C)(O)C=C1)NC. The maximum atomic E-state index is 9.69. The Morgan fingerprint density at radius 3 is 2.79 bits per heavy atom. The lowest BCUT2D eigenvalue weighted by Gasteiger charge is -2.23. The van der Waals surface area contributed by atoms with Crippen LogP contribution in [0.25, 0.3) is 0 Å². The van der Waals surface area contributed by atoms with Crippen molar-refractivity contribution in [1.82, 2.24) is 5.32 Å². The second kappa shape index (κ2) is 4.76. The zero-order valence-corrected chi connectivity index (χ0v) is 9.38. The summed E-state index contributed by atoms with van der Waals surface area (Å²) in [7, 11) is 2.00. The highest BCUT2D eigenvalue weighted by molar-refractivity contribution is 5.27. The number of hydrogen-bond acceptors (Lipinski definition) is 2. The Balaban J connectivity index is 2.49. The predicted molar refractivity (Wildman–Crippen MR) is 60.2 cm³/mol. The smallest absolute Gasteiger partial charge is 0.0837 e. The van der Waals surface area contributed by atoms with Crippen molar-refractivity contribution in [3.63, 3.8) is 0 Å². The molecule has 2 nitrogen and oxygen atoms in total. The summed E-state index contributed by atoms with van der Waals surface area (Å²) < 4.78 is 0. The van der Waals surface area contributed by atoms with Gasteiger partial charge in [0.25, 0.3) is 0 Å². The van der Waals surface area contributed by atoms with Crippen LogP contribution in [-0.4, -0.2) is 23.8 Å². The Labute approximate surface area is 86.7 Å². The maximum Gasteiger partial charge on any atom is 0.0837 e. The van der Waals surface area contributed by atoms with Gasteiger partial charge in [0.05, 0.1) is 5.60 Å². The van der Waals surface area contributed by atoms with Crippen LogP contribution in [0, 0.1) is 0 Å². The Bertz CT molecular complexity index is 237. The molecule has 0 spiro atoms. The van der Waals surface area contributed by atoms with Crippen LogP contribution in [0.15, 0.2) is 23.8 Å². The first-order chi connectivity index (χ1) is 6.57. The normalized spacial score (nSPS) is 28.7.